The average molecular weight is 408 g/mol. The molecular formula is C23H26BFN2O3. The fourth-order valence-electron chi connectivity index (χ4n) is 3.31. The molecule has 1 heterocycles. The Morgan fingerprint density at radius 2 is 1.80 bits per heavy atom. The summed E-state index contributed by atoms with van der Waals surface area (Å²) in [6.07, 6.45) is 0.259. The molecular weight excluding hydrogens is 382 g/mol. The molecule has 1 fully saturated rings. The summed E-state index contributed by atoms with van der Waals surface area (Å²) in [6.45, 7) is 9.98. The number of nitriles is 1. The van der Waals surface area contributed by atoms with E-state index in [-0.39, 0.29) is 24.4 Å². The number of hydrogen-bond donors (Lipinski definition) is 0. The molecule has 0 bridgehead atoms. The lowest BCUT2D eigenvalue weighted by molar-refractivity contribution is -0.118. The van der Waals surface area contributed by atoms with E-state index in [2.05, 4.69) is 0 Å². The van der Waals surface area contributed by atoms with Gasteiger partial charge < -0.3 is 14.2 Å². The molecule has 1 saturated heterocycles. The van der Waals surface area contributed by atoms with Gasteiger partial charge in [0, 0.05) is 12.1 Å². The lowest BCUT2D eigenvalue weighted by Gasteiger charge is -2.32. The average Bonchev–Trinajstić information content (AvgIpc) is 2.92. The Hall–Kier alpha value is -2.69. The lowest BCUT2D eigenvalue weighted by Crippen LogP contribution is -2.41. The number of carbonyl (C=O) groups excluding carboxylic acids is 1. The number of amides is 1. The third kappa shape index (κ3) is 4.40. The van der Waals surface area contributed by atoms with Crippen LogP contribution in [0.5, 0.6) is 0 Å². The van der Waals surface area contributed by atoms with Gasteiger partial charge in [0.2, 0.25) is 5.91 Å². The minimum Gasteiger partial charge on any atom is -0.399 e. The highest BCUT2D eigenvalue weighted by atomic mass is 19.1. The van der Waals surface area contributed by atoms with Crippen LogP contribution in [0, 0.1) is 17.1 Å². The van der Waals surface area contributed by atoms with Crippen LogP contribution >= 0.6 is 0 Å². The van der Waals surface area contributed by atoms with Crippen molar-refractivity contribution in [3.05, 3.63) is 59.4 Å². The molecule has 0 radical (unpaired) electrons. The first-order chi connectivity index (χ1) is 14.1. The Bertz CT molecular complexity index is 984. The fourth-order valence-corrected chi connectivity index (χ4v) is 3.31. The molecule has 0 saturated carbocycles. The van der Waals surface area contributed by atoms with Crippen molar-refractivity contribution >= 4 is 24.2 Å². The SMILES string of the molecule is CCC(=O)N(Cc1cccc(B2OC(C)(C)C(C)(C)O2)c1)c1cc(F)cc(C#N)c1. The van der Waals surface area contributed by atoms with Crippen LogP contribution in [-0.4, -0.2) is 24.2 Å². The quantitative estimate of drug-likeness (QED) is 0.704. The first-order valence-electron chi connectivity index (χ1n) is 10.0. The molecule has 1 aliphatic rings. The van der Waals surface area contributed by atoms with Crippen molar-refractivity contribution in [2.75, 3.05) is 4.90 Å². The van der Waals surface area contributed by atoms with E-state index >= 15 is 0 Å². The minimum atomic E-state index is -0.552. The second-order valence-electron chi connectivity index (χ2n) is 8.48. The number of anilines is 1. The van der Waals surface area contributed by atoms with Gasteiger partial charge >= 0.3 is 7.12 Å². The molecule has 0 spiro atoms. The molecule has 30 heavy (non-hydrogen) atoms. The molecule has 0 atom stereocenters. The van der Waals surface area contributed by atoms with Gasteiger partial charge in [-0.2, -0.15) is 5.26 Å². The molecule has 2 aromatic rings. The van der Waals surface area contributed by atoms with Crippen LogP contribution in [0.15, 0.2) is 42.5 Å². The topological polar surface area (TPSA) is 62.6 Å². The summed E-state index contributed by atoms with van der Waals surface area (Å²) in [4.78, 5) is 14.1. The maximum absolute atomic E-state index is 14.0. The van der Waals surface area contributed by atoms with Gasteiger partial charge in [-0.3, -0.25) is 4.79 Å². The molecule has 3 rings (SSSR count). The predicted octanol–water partition coefficient (Wildman–Crippen LogP) is 3.94. The van der Waals surface area contributed by atoms with Gasteiger partial charge in [0.05, 0.1) is 29.4 Å². The summed E-state index contributed by atoms with van der Waals surface area (Å²) in [5, 5.41) is 9.15. The van der Waals surface area contributed by atoms with Crippen LogP contribution in [0.1, 0.15) is 52.2 Å². The maximum atomic E-state index is 14.0. The van der Waals surface area contributed by atoms with E-state index in [9.17, 15) is 9.18 Å². The van der Waals surface area contributed by atoms with Gasteiger partial charge in [0.1, 0.15) is 5.82 Å². The zero-order valence-electron chi connectivity index (χ0n) is 18.0. The summed E-state index contributed by atoms with van der Waals surface area (Å²) in [7, 11) is -0.510. The van der Waals surface area contributed by atoms with Crippen LogP contribution in [0.4, 0.5) is 10.1 Å². The molecule has 0 aliphatic carbocycles. The van der Waals surface area contributed by atoms with Crippen molar-refractivity contribution in [2.45, 2.75) is 58.8 Å². The lowest BCUT2D eigenvalue weighted by atomic mass is 9.78. The third-order valence-electron chi connectivity index (χ3n) is 5.74. The molecule has 2 aromatic carbocycles. The molecule has 0 aromatic heterocycles. The van der Waals surface area contributed by atoms with Gasteiger partial charge in [-0.1, -0.05) is 31.2 Å². The van der Waals surface area contributed by atoms with Gasteiger partial charge in [0.15, 0.2) is 0 Å². The highest BCUT2D eigenvalue weighted by Gasteiger charge is 2.51. The highest BCUT2D eigenvalue weighted by molar-refractivity contribution is 6.62. The number of benzene rings is 2. The van der Waals surface area contributed by atoms with E-state index in [4.69, 9.17) is 14.6 Å². The molecule has 7 heteroatoms. The second-order valence-corrected chi connectivity index (χ2v) is 8.48. The molecule has 0 N–H and O–H groups in total. The van der Waals surface area contributed by atoms with Crippen molar-refractivity contribution < 1.29 is 18.5 Å². The number of nitrogens with zero attached hydrogens (tertiary/aromatic N) is 2. The van der Waals surface area contributed by atoms with E-state index < -0.39 is 24.1 Å². The van der Waals surface area contributed by atoms with Crippen molar-refractivity contribution in [3.8, 4) is 6.07 Å². The third-order valence-corrected chi connectivity index (χ3v) is 5.74. The smallest absolute Gasteiger partial charge is 0.399 e. The van der Waals surface area contributed by atoms with E-state index in [1.165, 1.54) is 17.0 Å². The maximum Gasteiger partial charge on any atom is 0.494 e. The van der Waals surface area contributed by atoms with Gasteiger partial charge in [0.25, 0.3) is 0 Å². The number of hydrogen-bond acceptors (Lipinski definition) is 4. The minimum absolute atomic E-state index is 0.162. The van der Waals surface area contributed by atoms with Crippen LogP contribution in [0.3, 0.4) is 0 Å². The standard InChI is InChI=1S/C23H26BFN2O3/c1-6-21(28)27(20-12-17(14-26)11-19(25)13-20)15-16-8-7-9-18(10-16)24-29-22(2,3)23(4,5)30-24/h7-13H,6,15H2,1-5H3. The Kier molecular flexibility index (Phi) is 6.03. The largest absolute Gasteiger partial charge is 0.494 e. The molecule has 156 valence electrons. The Morgan fingerprint density at radius 3 is 2.40 bits per heavy atom. The van der Waals surface area contributed by atoms with Gasteiger partial charge in [-0.15, -0.1) is 0 Å². The van der Waals surface area contributed by atoms with Gasteiger partial charge in [-0.25, -0.2) is 4.39 Å². The summed E-state index contributed by atoms with van der Waals surface area (Å²) in [5.74, 6) is -0.713. The second kappa shape index (κ2) is 8.21. The zero-order chi connectivity index (χ0) is 22.1. The fraction of sp³-hybridized carbons (Fsp3) is 0.391. The Morgan fingerprint density at radius 1 is 1.13 bits per heavy atom. The van der Waals surface area contributed by atoms with E-state index in [1.807, 2.05) is 58.0 Å². The number of rotatable bonds is 5. The Balaban J connectivity index is 1.90. The van der Waals surface area contributed by atoms with Crippen LogP contribution in [0.25, 0.3) is 0 Å². The normalized spacial score (nSPS) is 16.9. The Labute approximate surface area is 177 Å². The summed E-state index contributed by atoms with van der Waals surface area (Å²) < 4.78 is 26.2. The monoisotopic (exact) mass is 408 g/mol. The molecule has 0 unspecified atom stereocenters. The first kappa shape index (κ1) is 22.0. The van der Waals surface area contributed by atoms with Gasteiger partial charge in [-0.05, 0) is 56.9 Å². The van der Waals surface area contributed by atoms with E-state index in [0.717, 1.165) is 17.1 Å². The van der Waals surface area contributed by atoms with Crippen molar-refractivity contribution in [3.63, 3.8) is 0 Å². The van der Waals surface area contributed by atoms with Crippen LogP contribution < -0.4 is 10.4 Å². The van der Waals surface area contributed by atoms with Crippen molar-refractivity contribution in [1.82, 2.24) is 0 Å². The van der Waals surface area contributed by atoms with Crippen molar-refractivity contribution in [1.29, 1.82) is 5.26 Å². The molecule has 1 amide bonds. The predicted molar refractivity (Wildman–Crippen MR) is 115 cm³/mol. The van der Waals surface area contributed by atoms with E-state index in [0.29, 0.717) is 5.69 Å². The van der Waals surface area contributed by atoms with Crippen molar-refractivity contribution in [2.24, 2.45) is 0 Å². The summed E-state index contributed by atoms with van der Waals surface area (Å²) >= 11 is 0. The summed E-state index contributed by atoms with van der Waals surface area (Å²) in [6, 6.07) is 13.5. The van der Waals surface area contributed by atoms with E-state index in [1.54, 1.807) is 6.92 Å². The summed E-state index contributed by atoms with van der Waals surface area (Å²) in [5.41, 5.74) is 1.34. The van der Waals surface area contributed by atoms with Crippen LogP contribution in [0.2, 0.25) is 0 Å². The number of halogens is 1. The zero-order valence-corrected chi connectivity index (χ0v) is 18.0. The molecule has 5 nitrogen and oxygen atoms in total. The van der Waals surface area contributed by atoms with Crippen LogP contribution in [-0.2, 0) is 20.6 Å². The number of carbonyl (C=O) groups is 1. The molecule has 1 aliphatic heterocycles. The highest BCUT2D eigenvalue weighted by Crippen LogP contribution is 2.36. The first-order valence-corrected chi connectivity index (χ1v) is 10.0.